The van der Waals surface area contributed by atoms with Gasteiger partial charge < -0.3 is 20.3 Å². The van der Waals surface area contributed by atoms with E-state index in [9.17, 15) is 15.0 Å². The second kappa shape index (κ2) is 5.93. The van der Waals surface area contributed by atoms with E-state index in [1.54, 1.807) is 0 Å². The number of amides is 1. The lowest BCUT2D eigenvalue weighted by Gasteiger charge is -2.17. The van der Waals surface area contributed by atoms with Gasteiger partial charge in [-0.1, -0.05) is 6.92 Å². The van der Waals surface area contributed by atoms with Gasteiger partial charge in [0, 0.05) is 24.6 Å². The van der Waals surface area contributed by atoms with Crippen molar-refractivity contribution in [2.24, 2.45) is 5.92 Å². The fraction of sp³-hybridized carbons (Fsp3) is 0.500. The van der Waals surface area contributed by atoms with Crippen LogP contribution < -0.4 is 5.32 Å². The molecule has 19 heavy (non-hydrogen) atoms. The zero-order valence-corrected chi connectivity index (χ0v) is 10.9. The predicted molar refractivity (Wildman–Crippen MR) is 70.2 cm³/mol. The molecule has 2 unspecified atom stereocenters. The maximum absolute atomic E-state index is 11.9. The molecule has 5 nitrogen and oxygen atoms in total. The van der Waals surface area contributed by atoms with Gasteiger partial charge in [-0.25, -0.2) is 0 Å². The number of phenols is 2. The van der Waals surface area contributed by atoms with Gasteiger partial charge in [-0.3, -0.25) is 4.79 Å². The normalized spacial score (nSPS) is 22.4. The third kappa shape index (κ3) is 3.17. The SMILES string of the molecule is CCC1OCCC1CNC(=O)c1ccc(O)c(O)c1. The molecule has 1 saturated heterocycles. The Labute approximate surface area is 112 Å². The van der Waals surface area contributed by atoms with Gasteiger partial charge >= 0.3 is 0 Å². The molecule has 0 saturated carbocycles. The molecule has 2 atom stereocenters. The Morgan fingerprint density at radius 3 is 2.89 bits per heavy atom. The second-order valence-electron chi connectivity index (χ2n) is 4.78. The number of ether oxygens (including phenoxy) is 1. The van der Waals surface area contributed by atoms with Crippen LogP contribution in [0.1, 0.15) is 30.1 Å². The highest BCUT2D eigenvalue weighted by atomic mass is 16.5. The molecule has 1 amide bonds. The van der Waals surface area contributed by atoms with Crippen LogP contribution in [0.4, 0.5) is 0 Å². The Kier molecular flexibility index (Phi) is 4.27. The lowest BCUT2D eigenvalue weighted by Crippen LogP contribution is -2.32. The van der Waals surface area contributed by atoms with Crippen molar-refractivity contribution in [1.82, 2.24) is 5.32 Å². The van der Waals surface area contributed by atoms with Crippen molar-refractivity contribution in [3.63, 3.8) is 0 Å². The smallest absolute Gasteiger partial charge is 0.251 e. The minimum absolute atomic E-state index is 0.216. The minimum atomic E-state index is -0.289. The summed E-state index contributed by atoms with van der Waals surface area (Å²) < 4.78 is 5.56. The highest BCUT2D eigenvalue weighted by Gasteiger charge is 2.26. The summed E-state index contributed by atoms with van der Waals surface area (Å²) in [5.74, 6) is -0.424. The number of carbonyl (C=O) groups excluding carboxylic acids is 1. The molecule has 0 aromatic heterocycles. The van der Waals surface area contributed by atoms with Crippen LogP contribution in [-0.2, 0) is 4.74 Å². The van der Waals surface area contributed by atoms with Gasteiger partial charge in [0.05, 0.1) is 6.10 Å². The van der Waals surface area contributed by atoms with Gasteiger partial charge in [-0.15, -0.1) is 0 Å². The molecule has 1 aromatic carbocycles. The Balaban J connectivity index is 1.92. The first-order valence-electron chi connectivity index (χ1n) is 6.53. The standard InChI is InChI=1S/C14H19NO4/c1-2-13-10(5-6-19-13)8-15-14(18)9-3-4-11(16)12(17)7-9/h3-4,7,10,13,16-17H,2,5-6,8H2,1H3,(H,15,18). The molecular weight excluding hydrogens is 246 g/mol. The average Bonchev–Trinajstić information content (AvgIpc) is 2.86. The van der Waals surface area contributed by atoms with E-state index in [1.165, 1.54) is 18.2 Å². The zero-order valence-electron chi connectivity index (χ0n) is 10.9. The fourth-order valence-electron chi connectivity index (χ4n) is 2.37. The lowest BCUT2D eigenvalue weighted by atomic mass is 9.99. The van der Waals surface area contributed by atoms with E-state index in [2.05, 4.69) is 12.2 Å². The van der Waals surface area contributed by atoms with Gasteiger partial charge in [0.2, 0.25) is 0 Å². The van der Waals surface area contributed by atoms with Gasteiger partial charge in [0.25, 0.3) is 5.91 Å². The molecule has 3 N–H and O–H groups in total. The summed E-state index contributed by atoms with van der Waals surface area (Å²) >= 11 is 0. The van der Waals surface area contributed by atoms with E-state index in [0.717, 1.165) is 19.4 Å². The van der Waals surface area contributed by atoms with Crippen LogP contribution in [-0.4, -0.2) is 35.4 Å². The number of benzene rings is 1. The summed E-state index contributed by atoms with van der Waals surface area (Å²) in [7, 11) is 0. The highest BCUT2D eigenvalue weighted by Crippen LogP contribution is 2.25. The Bertz CT molecular complexity index is 461. The Morgan fingerprint density at radius 2 is 2.21 bits per heavy atom. The summed E-state index contributed by atoms with van der Waals surface area (Å²) in [6.45, 7) is 3.39. The monoisotopic (exact) mass is 265 g/mol. The summed E-state index contributed by atoms with van der Waals surface area (Å²) in [5, 5.41) is 21.4. The lowest BCUT2D eigenvalue weighted by molar-refractivity contribution is 0.0826. The molecular formula is C14H19NO4. The van der Waals surface area contributed by atoms with Crippen LogP contribution in [0.2, 0.25) is 0 Å². The van der Waals surface area contributed by atoms with Crippen LogP contribution in [0.25, 0.3) is 0 Å². The van der Waals surface area contributed by atoms with Crippen molar-refractivity contribution in [3.05, 3.63) is 23.8 Å². The molecule has 2 rings (SSSR count). The Hall–Kier alpha value is -1.75. The van der Waals surface area contributed by atoms with Crippen LogP contribution >= 0.6 is 0 Å². The average molecular weight is 265 g/mol. The fourth-order valence-corrected chi connectivity index (χ4v) is 2.37. The van der Waals surface area contributed by atoms with Crippen LogP contribution in [0.15, 0.2) is 18.2 Å². The van der Waals surface area contributed by atoms with E-state index in [4.69, 9.17) is 4.74 Å². The third-order valence-electron chi connectivity index (χ3n) is 3.51. The van der Waals surface area contributed by atoms with Gasteiger partial charge in [0.1, 0.15) is 0 Å². The molecule has 1 fully saturated rings. The summed E-state index contributed by atoms with van der Waals surface area (Å²) in [6, 6.07) is 4.04. The molecule has 0 radical (unpaired) electrons. The summed E-state index contributed by atoms with van der Waals surface area (Å²) in [4.78, 5) is 11.9. The maximum Gasteiger partial charge on any atom is 0.251 e. The first-order valence-corrected chi connectivity index (χ1v) is 6.53. The first-order chi connectivity index (χ1) is 9.11. The van der Waals surface area contributed by atoms with Crippen LogP contribution in [0.5, 0.6) is 11.5 Å². The number of aromatic hydroxyl groups is 2. The van der Waals surface area contributed by atoms with Crippen molar-refractivity contribution >= 4 is 5.91 Å². The maximum atomic E-state index is 11.9. The zero-order chi connectivity index (χ0) is 13.8. The van der Waals surface area contributed by atoms with E-state index in [1.807, 2.05) is 0 Å². The molecule has 1 aliphatic rings. The highest BCUT2D eigenvalue weighted by molar-refractivity contribution is 5.94. The van der Waals surface area contributed by atoms with Crippen molar-refractivity contribution < 1.29 is 19.7 Å². The van der Waals surface area contributed by atoms with Crippen LogP contribution in [0.3, 0.4) is 0 Å². The number of hydrogen-bond acceptors (Lipinski definition) is 4. The molecule has 0 aliphatic carbocycles. The Morgan fingerprint density at radius 1 is 1.42 bits per heavy atom. The number of carbonyl (C=O) groups is 1. The van der Waals surface area contributed by atoms with Crippen LogP contribution in [0, 0.1) is 5.92 Å². The molecule has 1 heterocycles. The molecule has 5 heteroatoms. The van der Waals surface area contributed by atoms with E-state index in [-0.39, 0.29) is 23.5 Å². The second-order valence-corrected chi connectivity index (χ2v) is 4.78. The van der Waals surface area contributed by atoms with Crippen molar-refractivity contribution in [1.29, 1.82) is 0 Å². The van der Waals surface area contributed by atoms with Gasteiger partial charge in [0.15, 0.2) is 11.5 Å². The third-order valence-corrected chi connectivity index (χ3v) is 3.51. The number of nitrogens with one attached hydrogen (secondary N) is 1. The van der Waals surface area contributed by atoms with E-state index >= 15 is 0 Å². The quantitative estimate of drug-likeness (QED) is 0.723. The van der Waals surface area contributed by atoms with E-state index in [0.29, 0.717) is 18.0 Å². The molecule has 1 aliphatic heterocycles. The predicted octanol–water partition coefficient (Wildman–Crippen LogP) is 1.64. The van der Waals surface area contributed by atoms with Crippen molar-refractivity contribution in [3.8, 4) is 11.5 Å². The van der Waals surface area contributed by atoms with Gasteiger partial charge in [-0.2, -0.15) is 0 Å². The molecule has 0 bridgehead atoms. The molecule has 1 aromatic rings. The topological polar surface area (TPSA) is 78.8 Å². The summed E-state index contributed by atoms with van der Waals surface area (Å²) in [6.07, 6.45) is 2.12. The molecule has 0 spiro atoms. The largest absolute Gasteiger partial charge is 0.504 e. The number of rotatable bonds is 4. The number of phenolic OH excluding ortho intramolecular Hbond substituents is 2. The van der Waals surface area contributed by atoms with E-state index < -0.39 is 0 Å². The number of hydrogen-bond donors (Lipinski definition) is 3. The first kappa shape index (κ1) is 13.7. The molecule has 104 valence electrons. The van der Waals surface area contributed by atoms with Gasteiger partial charge in [-0.05, 0) is 31.0 Å². The minimum Gasteiger partial charge on any atom is -0.504 e. The van der Waals surface area contributed by atoms with Crippen molar-refractivity contribution in [2.75, 3.05) is 13.2 Å². The van der Waals surface area contributed by atoms with Crippen molar-refractivity contribution in [2.45, 2.75) is 25.9 Å². The summed E-state index contributed by atoms with van der Waals surface area (Å²) in [5.41, 5.74) is 0.335.